The molecule has 0 amide bonds. The minimum atomic E-state index is -0.516. The average Bonchev–Trinajstić information content (AvgIpc) is 2.28. The Labute approximate surface area is 97.2 Å². The number of methoxy groups -OCH3 is 1. The fraction of sp³-hybridized carbons (Fsp3) is 0.923. The van der Waals surface area contributed by atoms with Crippen molar-refractivity contribution in [3.05, 3.63) is 0 Å². The molecule has 92 valence electrons. The number of carbonyl (C=O) groups excluding carboxylic acids is 1. The van der Waals surface area contributed by atoms with Crippen LogP contribution in [0.1, 0.15) is 39.5 Å². The zero-order chi connectivity index (χ0) is 11.9. The molecule has 3 saturated carbocycles. The molecule has 0 aliphatic heterocycles. The van der Waals surface area contributed by atoms with Gasteiger partial charge < -0.3 is 9.84 Å². The largest absolute Gasteiger partial charge is 0.469 e. The predicted molar refractivity (Wildman–Crippen MR) is 60.7 cm³/mol. The number of fused-ring (bicyclic) bond motifs is 2. The molecule has 1 N–H and O–H groups in total. The van der Waals surface area contributed by atoms with Gasteiger partial charge >= 0.3 is 5.97 Å². The number of ether oxygens (including phenoxy) is 1. The summed E-state index contributed by atoms with van der Waals surface area (Å²) in [5.74, 6) is 1.41. The molecule has 4 atom stereocenters. The van der Waals surface area contributed by atoms with E-state index in [4.69, 9.17) is 0 Å². The lowest BCUT2D eigenvalue weighted by Gasteiger charge is -2.61. The summed E-state index contributed by atoms with van der Waals surface area (Å²) in [6, 6.07) is 0. The van der Waals surface area contributed by atoms with E-state index >= 15 is 0 Å². The molecule has 0 saturated heterocycles. The number of rotatable bonds is 3. The molecular formula is C13H22O3. The van der Waals surface area contributed by atoms with Gasteiger partial charge in [0.1, 0.15) is 0 Å². The van der Waals surface area contributed by atoms with Gasteiger partial charge in [0.25, 0.3) is 0 Å². The van der Waals surface area contributed by atoms with Crippen molar-refractivity contribution >= 4 is 5.97 Å². The summed E-state index contributed by atoms with van der Waals surface area (Å²) in [4.78, 5) is 11.2. The minimum Gasteiger partial charge on any atom is -0.469 e. The molecule has 3 aliphatic rings. The molecule has 2 bridgehead atoms. The van der Waals surface area contributed by atoms with Gasteiger partial charge in [-0.25, -0.2) is 0 Å². The third-order valence-corrected chi connectivity index (χ3v) is 5.01. The molecule has 3 heteroatoms. The van der Waals surface area contributed by atoms with Crippen LogP contribution in [0.3, 0.4) is 0 Å². The van der Waals surface area contributed by atoms with Gasteiger partial charge in [0.15, 0.2) is 0 Å². The van der Waals surface area contributed by atoms with E-state index in [-0.39, 0.29) is 12.4 Å². The van der Waals surface area contributed by atoms with Crippen LogP contribution in [0.4, 0.5) is 0 Å². The number of aliphatic hydroxyl groups excluding tert-OH is 1. The van der Waals surface area contributed by atoms with Crippen LogP contribution in [0.25, 0.3) is 0 Å². The van der Waals surface area contributed by atoms with E-state index < -0.39 is 6.10 Å². The maximum absolute atomic E-state index is 11.2. The first-order valence-electron chi connectivity index (χ1n) is 6.21. The second-order valence-electron chi connectivity index (χ2n) is 5.95. The van der Waals surface area contributed by atoms with Gasteiger partial charge in [-0.05, 0) is 42.4 Å². The minimum absolute atomic E-state index is 0.151. The van der Waals surface area contributed by atoms with E-state index in [9.17, 15) is 9.90 Å². The van der Waals surface area contributed by atoms with Gasteiger partial charge in [0.2, 0.25) is 0 Å². The Morgan fingerprint density at radius 3 is 2.69 bits per heavy atom. The molecule has 3 aliphatic carbocycles. The molecule has 3 rings (SSSR count). The Morgan fingerprint density at radius 1 is 1.50 bits per heavy atom. The van der Waals surface area contributed by atoms with Crippen LogP contribution in [0.5, 0.6) is 0 Å². The van der Waals surface area contributed by atoms with Crippen LogP contribution in [-0.2, 0) is 9.53 Å². The highest BCUT2D eigenvalue weighted by Crippen LogP contribution is 2.62. The zero-order valence-electron chi connectivity index (χ0n) is 10.4. The Bertz CT molecular complexity index is 283. The first-order chi connectivity index (χ1) is 7.46. The fourth-order valence-electron chi connectivity index (χ4n) is 3.73. The van der Waals surface area contributed by atoms with Crippen molar-refractivity contribution < 1.29 is 14.6 Å². The summed E-state index contributed by atoms with van der Waals surface area (Å²) in [7, 11) is 1.37. The van der Waals surface area contributed by atoms with Gasteiger partial charge in [0.05, 0.1) is 19.6 Å². The second kappa shape index (κ2) is 4.02. The van der Waals surface area contributed by atoms with Gasteiger partial charge in [-0.15, -0.1) is 0 Å². The van der Waals surface area contributed by atoms with E-state index in [1.54, 1.807) is 0 Å². The standard InChI is InChI=1S/C13H22O3/c1-13(2)8-4-5-9(10(13)6-8)11(14)7-12(15)16-3/h8-11,14H,4-7H2,1-3H3/t8?,9?,10?,11-/m1/s1. The van der Waals surface area contributed by atoms with Crippen LogP contribution in [-0.4, -0.2) is 24.3 Å². The van der Waals surface area contributed by atoms with Gasteiger partial charge in [0, 0.05) is 0 Å². The van der Waals surface area contributed by atoms with Crippen molar-refractivity contribution in [2.24, 2.45) is 23.2 Å². The third kappa shape index (κ3) is 1.75. The summed E-state index contributed by atoms with van der Waals surface area (Å²) in [5.41, 5.74) is 0.361. The van der Waals surface area contributed by atoms with Gasteiger partial charge in [-0.2, -0.15) is 0 Å². The first-order valence-corrected chi connectivity index (χ1v) is 6.21. The highest BCUT2D eigenvalue weighted by Gasteiger charge is 2.55. The van der Waals surface area contributed by atoms with Crippen molar-refractivity contribution in [1.29, 1.82) is 0 Å². The summed E-state index contributed by atoms with van der Waals surface area (Å²) in [6.45, 7) is 4.59. The lowest BCUT2D eigenvalue weighted by Crippen LogP contribution is -2.55. The quantitative estimate of drug-likeness (QED) is 0.748. The highest BCUT2D eigenvalue weighted by atomic mass is 16.5. The van der Waals surface area contributed by atoms with Crippen molar-refractivity contribution in [3.8, 4) is 0 Å². The van der Waals surface area contributed by atoms with Gasteiger partial charge in [-0.1, -0.05) is 13.8 Å². The van der Waals surface area contributed by atoms with E-state index in [1.807, 2.05) is 0 Å². The van der Waals surface area contributed by atoms with Crippen LogP contribution < -0.4 is 0 Å². The van der Waals surface area contributed by atoms with E-state index in [0.717, 1.165) is 12.3 Å². The summed E-state index contributed by atoms with van der Waals surface area (Å²) < 4.78 is 4.61. The Morgan fingerprint density at radius 2 is 2.19 bits per heavy atom. The van der Waals surface area contributed by atoms with Crippen LogP contribution >= 0.6 is 0 Å². The molecular weight excluding hydrogens is 204 g/mol. The molecule has 0 heterocycles. The van der Waals surface area contributed by atoms with E-state index in [2.05, 4.69) is 18.6 Å². The summed E-state index contributed by atoms with van der Waals surface area (Å²) in [5, 5.41) is 10.1. The van der Waals surface area contributed by atoms with E-state index in [0.29, 0.717) is 17.3 Å². The number of esters is 1. The SMILES string of the molecule is COC(=O)C[C@@H](O)C1CCC2CC1C2(C)C. The zero-order valence-corrected chi connectivity index (χ0v) is 10.4. The van der Waals surface area contributed by atoms with Crippen LogP contribution in [0, 0.1) is 23.2 Å². The molecule has 0 aromatic carbocycles. The van der Waals surface area contributed by atoms with Crippen molar-refractivity contribution in [2.75, 3.05) is 7.11 Å². The molecule has 0 aromatic rings. The summed E-state index contributed by atoms with van der Waals surface area (Å²) in [6.07, 6.45) is 3.13. The smallest absolute Gasteiger partial charge is 0.308 e. The normalized spacial score (nSPS) is 37.4. The number of carbonyl (C=O) groups is 1. The topological polar surface area (TPSA) is 46.5 Å². The molecule has 0 spiro atoms. The van der Waals surface area contributed by atoms with Crippen molar-refractivity contribution in [3.63, 3.8) is 0 Å². The van der Waals surface area contributed by atoms with Crippen molar-refractivity contribution in [1.82, 2.24) is 0 Å². The molecule has 3 nitrogen and oxygen atoms in total. The first kappa shape index (κ1) is 11.9. The molecule has 0 aromatic heterocycles. The fourth-order valence-corrected chi connectivity index (χ4v) is 3.73. The average molecular weight is 226 g/mol. The maximum Gasteiger partial charge on any atom is 0.308 e. The maximum atomic E-state index is 11.2. The highest BCUT2D eigenvalue weighted by molar-refractivity contribution is 5.69. The van der Waals surface area contributed by atoms with Gasteiger partial charge in [-0.3, -0.25) is 4.79 Å². The second-order valence-corrected chi connectivity index (χ2v) is 5.95. The van der Waals surface area contributed by atoms with Crippen molar-refractivity contribution in [2.45, 2.75) is 45.6 Å². The van der Waals surface area contributed by atoms with Crippen LogP contribution in [0.15, 0.2) is 0 Å². The lowest BCUT2D eigenvalue weighted by molar-refractivity contribution is -0.155. The lowest BCUT2D eigenvalue weighted by atomic mass is 9.45. The van der Waals surface area contributed by atoms with E-state index in [1.165, 1.54) is 20.0 Å². The molecule has 3 unspecified atom stereocenters. The Kier molecular flexibility index (Phi) is 2.99. The summed E-state index contributed by atoms with van der Waals surface area (Å²) >= 11 is 0. The number of hydrogen-bond acceptors (Lipinski definition) is 3. The monoisotopic (exact) mass is 226 g/mol. The molecule has 0 radical (unpaired) electrons. The number of hydrogen-bond donors (Lipinski definition) is 1. The number of aliphatic hydroxyl groups is 1. The predicted octanol–water partition coefficient (Wildman–Crippen LogP) is 1.98. The molecule has 16 heavy (non-hydrogen) atoms. The third-order valence-electron chi connectivity index (χ3n) is 5.01. The Hall–Kier alpha value is -0.570. The van der Waals surface area contributed by atoms with Crippen LogP contribution in [0.2, 0.25) is 0 Å². The molecule has 3 fully saturated rings. The Balaban J connectivity index is 1.97.